The van der Waals surface area contributed by atoms with E-state index >= 15 is 0 Å². The number of halogens is 1. The molecule has 0 aromatic carbocycles. The molecule has 0 fully saturated rings. The first-order valence-electron chi connectivity index (χ1n) is 6.20. The molecule has 0 bridgehead atoms. The summed E-state index contributed by atoms with van der Waals surface area (Å²) in [6.45, 7) is 4.78. The Kier molecular flexibility index (Phi) is 7.98. The summed E-state index contributed by atoms with van der Waals surface area (Å²) in [7, 11) is 0. The molecule has 0 saturated carbocycles. The first kappa shape index (κ1) is 18.5. The average molecular weight is 309 g/mol. The van der Waals surface area contributed by atoms with Crippen LogP contribution in [-0.2, 0) is 14.3 Å². The van der Waals surface area contributed by atoms with Gasteiger partial charge in [-0.1, -0.05) is 0 Å². The molecule has 0 heterocycles. The van der Waals surface area contributed by atoms with E-state index in [1.165, 1.54) is 0 Å². The van der Waals surface area contributed by atoms with Crippen LogP contribution < -0.4 is 10.6 Å². The fourth-order valence-corrected chi connectivity index (χ4v) is 1.32. The zero-order chi connectivity index (χ0) is 15.8. The lowest BCUT2D eigenvalue weighted by molar-refractivity contribution is -0.139. The quantitative estimate of drug-likeness (QED) is 0.611. The summed E-state index contributed by atoms with van der Waals surface area (Å²) in [6.07, 6.45) is -0.132. The summed E-state index contributed by atoms with van der Waals surface area (Å²) in [5, 5.41) is 13.6. The second-order valence-electron chi connectivity index (χ2n) is 5.13. The number of amides is 2. The molecular weight excluding hydrogens is 288 g/mol. The Balaban J connectivity index is 4.27. The molecule has 0 spiro atoms. The second-order valence-corrected chi connectivity index (χ2v) is 5.51. The topological polar surface area (TPSA) is 105 Å². The van der Waals surface area contributed by atoms with Crippen molar-refractivity contribution in [2.24, 2.45) is 0 Å². The smallest absolute Gasteiger partial charge is 0.408 e. The van der Waals surface area contributed by atoms with Gasteiger partial charge in [0.1, 0.15) is 11.6 Å². The summed E-state index contributed by atoms with van der Waals surface area (Å²) < 4.78 is 4.95. The number of ether oxygens (including phenoxy) is 1. The number of aliphatic carboxylic acids is 1. The molecule has 1 atom stereocenters. The number of alkyl halides is 1. The molecule has 0 aliphatic heterocycles. The highest BCUT2D eigenvalue weighted by Crippen LogP contribution is 2.06. The first-order valence-corrected chi connectivity index (χ1v) is 6.74. The van der Waals surface area contributed by atoms with Crippen LogP contribution in [0.15, 0.2) is 0 Å². The van der Waals surface area contributed by atoms with Gasteiger partial charge in [-0.15, -0.1) is 11.6 Å². The highest BCUT2D eigenvalue weighted by Gasteiger charge is 2.24. The maximum absolute atomic E-state index is 11.5. The molecule has 0 saturated heterocycles. The Morgan fingerprint density at radius 2 is 1.90 bits per heavy atom. The molecule has 116 valence electrons. The number of alkyl carbamates (subject to hydrolysis) is 1. The fraction of sp³-hybridized carbons (Fsp3) is 0.750. The Labute approximate surface area is 123 Å². The van der Waals surface area contributed by atoms with Crippen molar-refractivity contribution in [1.29, 1.82) is 0 Å². The maximum atomic E-state index is 11.5. The van der Waals surface area contributed by atoms with Crippen LogP contribution in [0.2, 0.25) is 0 Å². The molecule has 0 radical (unpaired) electrons. The van der Waals surface area contributed by atoms with Crippen LogP contribution in [0.4, 0.5) is 4.79 Å². The molecule has 2 amide bonds. The van der Waals surface area contributed by atoms with Crippen LogP contribution in [-0.4, -0.2) is 47.1 Å². The summed E-state index contributed by atoms with van der Waals surface area (Å²) in [5.41, 5.74) is -0.725. The third-order valence-corrected chi connectivity index (χ3v) is 2.30. The van der Waals surface area contributed by atoms with Gasteiger partial charge < -0.3 is 20.5 Å². The van der Waals surface area contributed by atoms with Gasteiger partial charge in [0, 0.05) is 18.8 Å². The van der Waals surface area contributed by atoms with Crippen LogP contribution >= 0.6 is 11.6 Å². The van der Waals surface area contributed by atoms with Crippen molar-refractivity contribution in [2.75, 3.05) is 12.4 Å². The van der Waals surface area contributed by atoms with Crippen molar-refractivity contribution in [1.82, 2.24) is 10.6 Å². The van der Waals surface area contributed by atoms with Gasteiger partial charge in [-0.3, -0.25) is 4.79 Å². The summed E-state index contributed by atoms with van der Waals surface area (Å²) in [6, 6.07) is -1.25. The van der Waals surface area contributed by atoms with E-state index in [4.69, 9.17) is 21.4 Å². The summed E-state index contributed by atoms with van der Waals surface area (Å²) in [4.78, 5) is 33.8. The number of nitrogens with one attached hydrogen (secondary N) is 2. The van der Waals surface area contributed by atoms with Crippen molar-refractivity contribution >= 4 is 29.6 Å². The molecular formula is C12H21ClN2O5. The van der Waals surface area contributed by atoms with Gasteiger partial charge >= 0.3 is 12.1 Å². The molecule has 0 unspecified atom stereocenters. The predicted octanol–water partition coefficient (Wildman–Crippen LogP) is 1.10. The minimum absolute atomic E-state index is 0.211. The Morgan fingerprint density at radius 1 is 1.30 bits per heavy atom. The van der Waals surface area contributed by atoms with E-state index in [0.29, 0.717) is 12.3 Å². The Hall–Kier alpha value is -1.50. The van der Waals surface area contributed by atoms with E-state index in [0.717, 1.165) is 0 Å². The summed E-state index contributed by atoms with van der Waals surface area (Å²) in [5.74, 6) is -1.22. The lowest BCUT2D eigenvalue weighted by Gasteiger charge is -2.22. The zero-order valence-corrected chi connectivity index (χ0v) is 12.6. The van der Waals surface area contributed by atoms with Gasteiger partial charge in [0.25, 0.3) is 0 Å². The van der Waals surface area contributed by atoms with Crippen molar-refractivity contribution in [3.63, 3.8) is 0 Å². The van der Waals surface area contributed by atoms with Crippen molar-refractivity contribution < 1.29 is 24.2 Å². The fourth-order valence-electron chi connectivity index (χ4n) is 1.18. The van der Waals surface area contributed by atoms with Gasteiger partial charge in [-0.25, -0.2) is 9.59 Å². The number of carboxylic acids is 1. The van der Waals surface area contributed by atoms with Gasteiger partial charge in [0.15, 0.2) is 0 Å². The second kappa shape index (κ2) is 8.63. The lowest BCUT2D eigenvalue weighted by Crippen LogP contribution is -2.49. The molecule has 0 aromatic rings. The van der Waals surface area contributed by atoms with Crippen molar-refractivity contribution in [3.8, 4) is 0 Å². The minimum Gasteiger partial charge on any atom is -0.480 e. The molecule has 8 heteroatoms. The zero-order valence-electron chi connectivity index (χ0n) is 11.9. The van der Waals surface area contributed by atoms with Crippen LogP contribution in [0.5, 0.6) is 0 Å². The third-order valence-electron chi connectivity index (χ3n) is 2.03. The van der Waals surface area contributed by atoms with Crippen LogP contribution in [0, 0.1) is 0 Å². The molecule has 0 aliphatic carbocycles. The van der Waals surface area contributed by atoms with Crippen molar-refractivity contribution in [2.45, 2.75) is 45.3 Å². The number of hydrogen-bond donors (Lipinski definition) is 3. The van der Waals surface area contributed by atoms with E-state index in [2.05, 4.69) is 10.6 Å². The van der Waals surface area contributed by atoms with E-state index in [9.17, 15) is 14.4 Å². The van der Waals surface area contributed by atoms with Crippen molar-refractivity contribution in [3.05, 3.63) is 0 Å². The largest absolute Gasteiger partial charge is 0.480 e. The summed E-state index contributed by atoms with van der Waals surface area (Å²) >= 11 is 5.44. The van der Waals surface area contributed by atoms with E-state index < -0.39 is 23.7 Å². The van der Waals surface area contributed by atoms with Gasteiger partial charge in [0.05, 0.1) is 0 Å². The molecule has 3 N–H and O–H groups in total. The molecule has 0 rings (SSSR count). The number of carbonyl (C=O) groups is 3. The first-order chi connectivity index (χ1) is 9.15. The number of carboxylic acid groups (broad SMARTS) is 1. The molecule has 0 aromatic heterocycles. The SMILES string of the molecule is CC(C)(C)OC(=O)N[C@@H](CNC(=O)CCCCl)C(=O)O. The molecule has 0 aliphatic rings. The van der Waals surface area contributed by atoms with Crippen LogP contribution in [0.25, 0.3) is 0 Å². The number of carbonyl (C=O) groups excluding carboxylic acids is 2. The van der Waals surface area contributed by atoms with Gasteiger partial charge in [0.2, 0.25) is 5.91 Å². The number of hydrogen-bond acceptors (Lipinski definition) is 4. The lowest BCUT2D eigenvalue weighted by atomic mass is 10.2. The van der Waals surface area contributed by atoms with E-state index in [1.807, 2.05) is 0 Å². The maximum Gasteiger partial charge on any atom is 0.408 e. The van der Waals surface area contributed by atoms with Crippen LogP contribution in [0.3, 0.4) is 0 Å². The van der Waals surface area contributed by atoms with Gasteiger partial charge in [-0.05, 0) is 27.2 Å². The highest BCUT2D eigenvalue weighted by molar-refractivity contribution is 6.17. The van der Waals surface area contributed by atoms with E-state index in [1.54, 1.807) is 20.8 Å². The predicted molar refractivity (Wildman–Crippen MR) is 73.8 cm³/mol. The Bertz CT molecular complexity index is 354. The van der Waals surface area contributed by atoms with Gasteiger partial charge in [-0.2, -0.15) is 0 Å². The third kappa shape index (κ3) is 9.43. The molecule has 20 heavy (non-hydrogen) atoms. The average Bonchev–Trinajstić information content (AvgIpc) is 2.29. The molecule has 7 nitrogen and oxygen atoms in total. The normalized spacial score (nSPS) is 12.4. The Morgan fingerprint density at radius 3 is 2.35 bits per heavy atom. The van der Waals surface area contributed by atoms with E-state index in [-0.39, 0.29) is 18.9 Å². The monoisotopic (exact) mass is 308 g/mol. The highest BCUT2D eigenvalue weighted by atomic mass is 35.5. The standard InChI is InChI=1S/C12H21ClN2O5/c1-12(2,3)20-11(19)15-8(10(17)18)7-14-9(16)5-4-6-13/h8H,4-7H2,1-3H3,(H,14,16)(H,15,19)(H,17,18)/t8-/m0/s1. The minimum atomic E-state index is -1.26. The van der Waals surface area contributed by atoms with Crippen LogP contribution in [0.1, 0.15) is 33.6 Å². The number of rotatable bonds is 7.